The normalized spacial score (nSPS) is 16.1. The van der Waals surface area contributed by atoms with Gasteiger partial charge in [0.2, 0.25) is 11.8 Å². The number of aliphatic imine (C=N–C) groups is 1. The Morgan fingerprint density at radius 1 is 1.06 bits per heavy atom. The molecule has 0 radical (unpaired) electrons. The smallest absolute Gasteiger partial charge is 0.247 e. The van der Waals surface area contributed by atoms with Crippen molar-refractivity contribution < 1.29 is 14.3 Å². The molecule has 0 aromatic heterocycles. The minimum atomic E-state index is -0.535. The molecule has 1 aliphatic heterocycles. The third-order valence-corrected chi connectivity index (χ3v) is 6.92. The number of carbonyl (C=O) groups is 2. The standard InChI is InChI=1S/C26H24BrN3O3S/c1-33-22-13-7-18(8-14-22)15-16-28-26(29-20-5-3-2-4-6-20)34-23-17-24(31)30(25(23)32)21-11-9-19(27)10-12-21/h2-14,23H,15-17H2,1H3,(H,28,29)/t23-/m1/s1. The summed E-state index contributed by atoms with van der Waals surface area (Å²) in [5.74, 6) is 0.381. The maximum absolute atomic E-state index is 13.1. The molecule has 0 aliphatic carbocycles. The highest BCUT2D eigenvalue weighted by molar-refractivity contribution is 9.10. The van der Waals surface area contributed by atoms with Crippen molar-refractivity contribution in [3.05, 3.63) is 88.9 Å². The molecule has 6 nitrogen and oxygen atoms in total. The Kier molecular flexibility index (Phi) is 8.03. The number of thioether (sulfide) groups is 1. The van der Waals surface area contributed by atoms with Gasteiger partial charge in [-0.15, -0.1) is 0 Å². The van der Waals surface area contributed by atoms with E-state index >= 15 is 0 Å². The summed E-state index contributed by atoms with van der Waals surface area (Å²) >= 11 is 4.69. The van der Waals surface area contributed by atoms with Gasteiger partial charge in [-0.05, 0) is 60.5 Å². The Bertz CT molecular complexity index is 1170. The highest BCUT2D eigenvalue weighted by atomic mass is 79.9. The lowest BCUT2D eigenvalue weighted by atomic mass is 10.1. The summed E-state index contributed by atoms with van der Waals surface area (Å²) in [5, 5.41) is 3.39. The Hall–Kier alpha value is -3.10. The molecular weight excluding hydrogens is 514 g/mol. The number of rotatable bonds is 7. The van der Waals surface area contributed by atoms with Crippen LogP contribution in [0.15, 0.2) is 88.3 Å². The van der Waals surface area contributed by atoms with E-state index in [1.807, 2.05) is 66.7 Å². The minimum Gasteiger partial charge on any atom is -0.497 e. The van der Waals surface area contributed by atoms with Gasteiger partial charge in [0.05, 0.1) is 12.8 Å². The molecule has 0 spiro atoms. The first kappa shape index (κ1) is 24.0. The van der Waals surface area contributed by atoms with Crippen LogP contribution in [0.2, 0.25) is 0 Å². The SMILES string of the molecule is COc1ccc(CCN=C(Nc2ccccc2)S[C@@H]2CC(=O)N(c3ccc(Br)cc3)C2=O)cc1. The number of amides is 2. The largest absolute Gasteiger partial charge is 0.497 e. The van der Waals surface area contributed by atoms with Crippen LogP contribution in [0.25, 0.3) is 0 Å². The molecular formula is C26H24BrN3O3S. The van der Waals surface area contributed by atoms with Gasteiger partial charge in [0, 0.05) is 23.1 Å². The summed E-state index contributed by atoms with van der Waals surface area (Å²) < 4.78 is 6.10. The molecule has 0 saturated carbocycles. The molecule has 1 N–H and O–H groups in total. The fourth-order valence-electron chi connectivity index (χ4n) is 3.52. The van der Waals surface area contributed by atoms with Gasteiger partial charge in [-0.25, -0.2) is 4.90 Å². The molecule has 0 bridgehead atoms. The third-order valence-electron chi connectivity index (χ3n) is 5.28. The average molecular weight is 538 g/mol. The minimum absolute atomic E-state index is 0.132. The third kappa shape index (κ3) is 6.07. The Labute approximate surface area is 211 Å². The van der Waals surface area contributed by atoms with Gasteiger partial charge in [-0.3, -0.25) is 14.6 Å². The quantitative estimate of drug-likeness (QED) is 0.243. The summed E-state index contributed by atoms with van der Waals surface area (Å²) in [4.78, 5) is 31.8. The lowest BCUT2D eigenvalue weighted by Crippen LogP contribution is -2.31. The van der Waals surface area contributed by atoms with E-state index in [1.165, 1.54) is 16.7 Å². The zero-order valence-corrected chi connectivity index (χ0v) is 21.0. The molecule has 1 heterocycles. The van der Waals surface area contributed by atoms with Crippen molar-refractivity contribution in [3.8, 4) is 5.75 Å². The number of para-hydroxylation sites is 1. The Balaban J connectivity index is 1.48. The topological polar surface area (TPSA) is 71.0 Å². The van der Waals surface area contributed by atoms with Gasteiger partial charge in [-0.2, -0.15) is 0 Å². The van der Waals surface area contributed by atoms with Gasteiger partial charge in [0.25, 0.3) is 0 Å². The molecule has 2 amide bonds. The van der Waals surface area contributed by atoms with Crippen molar-refractivity contribution in [1.82, 2.24) is 0 Å². The molecule has 34 heavy (non-hydrogen) atoms. The van der Waals surface area contributed by atoms with Crippen LogP contribution in [0.1, 0.15) is 12.0 Å². The van der Waals surface area contributed by atoms with Crippen molar-refractivity contribution in [1.29, 1.82) is 0 Å². The molecule has 4 rings (SSSR count). The van der Waals surface area contributed by atoms with Gasteiger partial charge in [0.1, 0.15) is 11.0 Å². The average Bonchev–Trinajstić information content (AvgIpc) is 3.13. The number of imide groups is 1. The maximum Gasteiger partial charge on any atom is 0.247 e. The van der Waals surface area contributed by atoms with Crippen molar-refractivity contribution in [3.63, 3.8) is 0 Å². The first-order valence-electron chi connectivity index (χ1n) is 10.8. The van der Waals surface area contributed by atoms with E-state index in [-0.39, 0.29) is 18.2 Å². The van der Waals surface area contributed by atoms with E-state index in [0.29, 0.717) is 17.4 Å². The highest BCUT2D eigenvalue weighted by Crippen LogP contribution is 2.31. The fraction of sp³-hybridized carbons (Fsp3) is 0.192. The summed E-state index contributed by atoms with van der Waals surface area (Å²) in [6.45, 7) is 0.541. The monoisotopic (exact) mass is 537 g/mol. The molecule has 1 saturated heterocycles. The lowest BCUT2D eigenvalue weighted by Gasteiger charge is -2.16. The highest BCUT2D eigenvalue weighted by Gasteiger charge is 2.40. The maximum atomic E-state index is 13.1. The van der Waals surface area contributed by atoms with E-state index in [2.05, 4.69) is 21.2 Å². The van der Waals surface area contributed by atoms with Crippen molar-refractivity contribution >= 4 is 56.0 Å². The number of nitrogens with one attached hydrogen (secondary N) is 1. The van der Waals surface area contributed by atoms with E-state index in [9.17, 15) is 9.59 Å². The van der Waals surface area contributed by atoms with Gasteiger partial charge < -0.3 is 10.1 Å². The van der Waals surface area contributed by atoms with Crippen LogP contribution in [0, 0.1) is 0 Å². The summed E-state index contributed by atoms with van der Waals surface area (Å²) in [5.41, 5.74) is 2.59. The number of halogens is 1. The Morgan fingerprint density at radius 3 is 2.44 bits per heavy atom. The second-order valence-electron chi connectivity index (χ2n) is 7.63. The van der Waals surface area contributed by atoms with Crippen LogP contribution in [0.5, 0.6) is 5.75 Å². The van der Waals surface area contributed by atoms with Crippen molar-refractivity contribution in [2.75, 3.05) is 23.9 Å². The number of ether oxygens (including phenoxy) is 1. The van der Waals surface area contributed by atoms with E-state index in [0.717, 1.165) is 27.9 Å². The molecule has 1 atom stereocenters. The van der Waals surface area contributed by atoms with Crippen molar-refractivity contribution in [2.24, 2.45) is 4.99 Å². The predicted octanol–water partition coefficient (Wildman–Crippen LogP) is 5.53. The second kappa shape index (κ2) is 11.4. The summed E-state index contributed by atoms with van der Waals surface area (Å²) in [6.07, 6.45) is 0.876. The number of amidine groups is 1. The first-order chi connectivity index (χ1) is 16.5. The molecule has 8 heteroatoms. The van der Waals surface area contributed by atoms with Crippen LogP contribution >= 0.6 is 27.7 Å². The number of anilines is 2. The molecule has 1 fully saturated rings. The van der Waals surface area contributed by atoms with Gasteiger partial charge in [-0.1, -0.05) is 58.0 Å². The second-order valence-corrected chi connectivity index (χ2v) is 9.74. The fourth-order valence-corrected chi connectivity index (χ4v) is 4.83. The molecule has 0 unspecified atom stereocenters. The lowest BCUT2D eigenvalue weighted by molar-refractivity contribution is -0.121. The molecule has 1 aliphatic rings. The van der Waals surface area contributed by atoms with Gasteiger partial charge in [0.15, 0.2) is 5.17 Å². The summed E-state index contributed by atoms with van der Waals surface area (Å²) in [7, 11) is 1.64. The van der Waals surface area contributed by atoms with Crippen LogP contribution in [-0.4, -0.2) is 35.9 Å². The van der Waals surface area contributed by atoms with Crippen LogP contribution in [-0.2, 0) is 16.0 Å². The Morgan fingerprint density at radius 2 is 1.76 bits per heavy atom. The zero-order chi connectivity index (χ0) is 23.9. The van der Waals surface area contributed by atoms with Gasteiger partial charge >= 0.3 is 0 Å². The van der Waals surface area contributed by atoms with E-state index < -0.39 is 5.25 Å². The number of hydrogen-bond donors (Lipinski definition) is 1. The number of benzene rings is 3. The first-order valence-corrected chi connectivity index (χ1v) is 12.5. The van der Waals surface area contributed by atoms with Crippen LogP contribution < -0.4 is 15.0 Å². The van der Waals surface area contributed by atoms with E-state index in [4.69, 9.17) is 9.73 Å². The van der Waals surface area contributed by atoms with Crippen molar-refractivity contribution in [2.45, 2.75) is 18.1 Å². The number of methoxy groups -OCH3 is 1. The van der Waals surface area contributed by atoms with Crippen LogP contribution in [0.4, 0.5) is 11.4 Å². The molecule has 174 valence electrons. The summed E-state index contributed by atoms with van der Waals surface area (Å²) in [6, 6.07) is 24.7. The van der Waals surface area contributed by atoms with Crippen LogP contribution in [0.3, 0.4) is 0 Å². The number of hydrogen-bond acceptors (Lipinski definition) is 5. The molecule has 3 aromatic rings. The van der Waals surface area contributed by atoms with E-state index in [1.54, 1.807) is 19.2 Å². The number of nitrogens with zero attached hydrogens (tertiary/aromatic N) is 2. The zero-order valence-electron chi connectivity index (χ0n) is 18.6. The molecule has 3 aromatic carbocycles. The predicted molar refractivity (Wildman–Crippen MR) is 142 cm³/mol. The number of carbonyl (C=O) groups excluding carboxylic acids is 2.